The molecule has 114 valence electrons. The van der Waals surface area contributed by atoms with Crippen LogP contribution in [0.1, 0.15) is 16.8 Å². The summed E-state index contributed by atoms with van der Waals surface area (Å²) in [6, 6.07) is 6.37. The van der Waals surface area contributed by atoms with Crippen LogP contribution in [0.15, 0.2) is 24.3 Å². The fourth-order valence-electron chi connectivity index (χ4n) is 2.37. The van der Waals surface area contributed by atoms with E-state index < -0.39 is 16.0 Å². The summed E-state index contributed by atoms with van der Waals surface area (Å²) in [5.41, 5.74) is 0.999. The minimum atomic E-state index is -3.60. The zero-order chi connectivity index (χ0) is 15.6. The molecule has 0 aliphatic carbocycles. The Morgan fingerprint density at radius 2 is 2.00 bits per heavy atom. The molecule has 0 radical (unpaired) electrons. The van der Waals surface area contributed by atoms with Gasteiger partial charge in [0, 0.05) is 24.6 Å². The predicted molar refractivity (Wildman–Crippen MR) is 76.2 cm³/mol. The third kappa shape index (κ3) is 3.79. The number of nitrogens with two attached hydrogens (primary N) is 1. The van der Waals surface area contributed by atoms with E-state index in [9.17, 15) is 18.0 Å². The number of anilines is 1. The molecule has 7 nitrogen and oxygen atoms in total. The van der Waals surface area contributed by atoms with Gasteiger partial charge in [0.2, 0.25) is 15.9 Å². The van der Waals surface area contributed by atoms with E-state index in [2.05, 4.69) is 4.74 Å². The molecule has 1 amide bonds. The number of amides is 1. The number of primary sulfonamides is 1. The molecule has 8 heteroatoms. The molecule has 1 aliphatic rings. The van der Waals surface area contributed by atoms with Crippen LogP contribution in [-0.4, -0.2) is 39.7 Å². The normalized spacial score (nSPS) is 18.9. The number of nitrogens with zero attached hydrogens (tertiary/aromatic N) is 1. The topological polar surface area (TPSA) is 107 Å². The predicted octanol–water partition coefficient (Wildman–Crippen LogP) is 0.115. The number of benzene rings is 1. The van der Waals surface area contributed by atoms with Gasteiger partial charge in [-0.15, -0.1) is 0 Å². The number of carbonyl (C=O) groups is 2. The maximum atomic E-state index is 11.9. The number of carbonyl (C=O) groups excluding carboxylic acids is 2. The highest BCUT2D eigenvalue weighted by Crippen LogP contribution is 2.26. The zero-order valence-electron chi connectivity index (χ0n) is 11.5. The van der Waals surface area contributed by atoms with Gasteiger partial charge in [-0.1, -0.05) is 0 Å². The molecule has 2 rings (SSSR count). The summed E-state index contributed by atoms with van der Waals surface area (Å²) in [7, 11) is -2.31. The smallest absolute Gasteiger partial charge is 0.337 e. The Morgan fingerprint density at radius 3 is 2.52 bits per heavy atom. The van der Waals surface area contributed by atoms with E-state index in [0.29, 0.717) is 17.8 Å². The lowest BCUT2D eigenvalue weighted by molar-refractivity contribution is -0.117. The van der Waals surface area contributed by atoms with Crippen molar-refractivity contribution in [3.8, 4) is 0 Å². The Labute approximate surface area is 122 Å². The Hall–Kier alpha value is -1.93. The van der Waals surface area contributed by atoms with E-state index in [0.717, 1.165) is 0 Å². The van der Waals surface area contributed by atoms with Gasteiger partial charge in [-0.2, -0.15) is 0 Å². The van der Waals surface area contributed by atoms with Gasteiger partial charge in [0.25, 0.3) is 0 Å². The highest BCUT2D eigenvalue weighted by atomic mass is 32.2. The van der Waals surface area contributed by atoms with Gasteiger partial charge >= 0.3 is 5.97 Å². The van der Waals surface area contributed by atoms with Crippen LogP contribution in [0, 0.1) is 5.92 Å². The van der Waals surface area contributed by atoms with Crippen molar-refractivity contribution in [2.75, 3.05) is 24.3 Å². The minimum absolute atomic E-state index is 0.148. The molecule has 1 heterocycles. The quantitative estimate of drug-likeness (QED) is 0.794. The molecule has 1 fully saturated rings. The number of rotatable bonds is 4. The first-order valence-electron chi connectivity index (χ1n) is 6.29. The number of hydrogen-bond donors (Lipinski definition) is 1. The van der Waals surface area contributed by atoms with E-state index in [1.54, 1.807) is 24.3 Å². The summed E-state index contributed by atoms with van der Waals surface area (Å²) in [5, 5.41) is 5.00. The van der Waals surface area contributed by atoms with Crippen LogP contribution < -0.4 is 10.0 Å². The zero-order valence-corrected chi connectivity index (χ0v) is 12.3. The molecule has 0 bridgehead atoms. The van der Waals surface area contributed by atoms with Crippen molar-refractivity contribution in [3.05, 3.63) is 29.8 Å². The van der Waals surface area contributed by atoms with Crippen LogP contribution in [0.25, 0.3) is 0 Å². The molecular weight excluding hydrogens is 296 g/mol. The number of methoxy groups -OCH3 is 1. The summed E-state index contributed by atoms with van der Waals surface area (Å²) < 4.78 is 26.8. The second kappa shape index (κ2) is 5.82. The van der Waals surface area contributed by atoms with Crippen molar-refractivity contribution >= 4 is 27.6 Å². The van der Waals surface area contributed by atoms with E-state index in [-0.39, 0.29) is 24.0 Å². The standard InChI is InChI=1S/C13H16N2O5S/c1-20-13(17)10-2-4-11(5-3-10)15-7-9(6-12(15)16)8-21(14,18)19/h2-5,9H,6-8H2,1H3,(H2,14,18,19). The first-order chi connectivity index (χ1) is 9.80. The Kier molecular flexibility index (Phi) is 4.29. The van der Waals surface area contributed by atoms with Crippen molar-refractivity contribution < 1.29 is 22.7 Å². The average molecular weight is 312 g/mol. The van der Waals surface area contributed by atoms with Crippen LogP contribution in [0.2, 0.25) is 0 Å². The van der Waals surface area contributed by atoms with Gasteiger partial charge in [-0.3, -0.25) is 4.79 Å². The minimum Gasteiger partial charge on any atom is -0.465 e. The number of hydrogen-bond acceptors (Lipinski definition) is 5. The summed E-state index contributed by atoms with van der Waals surface area (Å²) >= 11 is 0. The highest BCUT2D eigenvalue weighted by Gasteiger charge is 2.32. The fraction of sp³-hybridized carbons (Fsp3) is 0.385. The third-order valence-corrected chi connectivity index (χ3v) is 4.21. The molecule has 1 saturated heterocycles. The number of esters is 1. The van der Waals surface area contributed by atoms with Crippen molar-refractivity contribution in [2.45, 2.75) is 6.42 Å². The second-order valence-electron chi connectivity index (χ2n) is 4.94. The van der Waals surface area contributed by atoms with Gasteiger partial charge < -0.3 is 9.64 Å². The summed E-state index contributed by atoms with van der Waals surface area (Å²) in [4.78, 5) is 24.8. The largest absolute Gasteiger partial charge is 0.465 e. The SMILES string of the molecule is COC(=O)c1ccc(N2CC(CS(N)(=O)=O)CC2=O)cc1. The van der Waals surface area contributed by atoms with Crippen LogP contribution in [0.5, 0.6) is 0 Å². The first kappa shape index (κ1) is 15.5. The molecule has 1 aromatic rings. The van der Waals surface area contributed by atoms with Crippen LogP contribution in [0.4, 0.5) is 5.69 Å². The van der Waals surface area contributed by atoms with Gasteiger partial charge in [-0.05, 0) is 24.3 Å². The van der Waals surface area contributed by atoms with Gasteiger partial charge in [0.15, 0.2) is 0 Å². The fourth-order valence-corrected chi connectivity index (χ4v) is 3.25. The van der Waals surface area contributed by atoms with E-state index >= 15 is 0 Å². The molecule has 1 aromatic carbocycles. The number of sulfonamides is 1. The van der Waals surface area contributed by atoms with Crippen LogP contribution in [-0.2, 0) is 19.6 Å². The van der Waals surface area contributed by atoms with Crippen molar-refractivity contribution in [1.82, 2.24) is 0 Å². The first-order valence-corrected chi connectivity index (χ1v) is 8.01. The van der Waals surface area contributed by atoms with E-state index in [1.165, 1.54) is 12.0 Å². The summed E-state index contributed by atoms with van der Waals surface area (Å²) in [6.45, 7) is 0.298. The van der Waals surface area contributed by atoms with Gasteiger partial charge in [0.05, 0.1) is 18.4 Å². The Morgan fingerprint density at radius 1 is 1.38 bits per heavy atom. The third-order valence-electron chi connectivity index (χ3n) is 3.27. The molecule has 2 N–H and O–H groups in total. The monoisotopic (exact) mass is 312 g/mol. The molecule has 0 spiro atoms. The van der Waals surface area contributed by atoms with Crippen molar-refractivity contribution in [3.63, 3.8) is 0 Å². The lowest BCUT2D eigenvalue weighted by Crippen LogP contribution is -2.27. The van der Waals surface area contributed by atoms with Gasteiger partial charge in [0.1, 0.15) is 0 Å². The van der Waals surface area contributed by atoms with Crippen LogP contribution in [0.3, 0.4) is 0 Å². The van der Waals surface area contributed by atoms with E-state index in [1.807, 2.05) is 0 Å². The molecule has 1 atom stereocenters. The lowest BCUT2D eigenvalue weighted by Gasteiger charge is -2.16. The van der Waals surface area contributed by atoms with E-state index in [4.69, 9.17) is 5.14 Å². The maximum Gasteiger partial charge on any atom is 0.337 e. The molecule has 0 aromatic heterocycles. The van der Waals surface area contributed by atoms with Gasteiger partial charge in [-0.25, -0.2) is 18.4 Å². The Bertz CT molecular complexity index is 654. The highest BCUT2D eigenvalue weighted by molar-refractivity contribution is 7.89. The van der Waals surface area contributed by atoms with Crippen molar-refractivity contribution in [2.24, 2.45) is 11.1 Å². The van der Waals surface area contributed by atoms with Crippen molar-refractivity contribution in [1.29, 1.82) is 0 Å². The Balaban J connectivity index is 2.12. The molecule has 0 saturated carbocycles. The molecule has 21 heavy (non-hydrogen) atoms. The molecule has 1 aliphatic heterocycles. The van der Waals surface area contributed by atoms with Crippen LogP contribution >= 0.6 is 0 Å². The summed E-state index contributed by atoms with van der Waals surface area (Å²) in [6.07, 6.45) is 0.148. The molecule has 1 unspecified atom stereocenters. The number of ether oxygens (including phenoxy) is 1. The molecular formula is C13H16N2O5S. The second-order valence-corrected chi connectivity index (χ2v) is 6.60. The average Bonchev–Trinajstić information content (AvgIpc) is 2.76. The summed E-state index contributed by atoms with van der Waals surface area (Å²) in [5.74, 6) is -1.14. The maximum absolute atomic E-state index is 11.9. The lowest BCUT2D eigenvalue weighted by atomic mass is 10.1.